The lowest BCUT2D eigenvalue weighted by molar-refractivity contribution is 0.0465. The first-order valence-electron chi connectivity index (χ1n) is 16.8. The predicted molar refractivity (Wildman–Crippen MR) is 188 cm³/mol. The highest BCUT2D eigenvalue weighted by Crippen LogP contribution is 2.35. The van der Waals surface area contributed by atoms with Crippen molar-refractivity contribution in [2.45, 2.75) is 89.1 Å². The number of unbranched alkanes of at least 4 members (excludes halogenated alkanes) is 2. The molecular weight excluding hydrogens is 595 g/mol. The van der Waals surface area contributed by atoms with Crippen LogP contribution in [-0.2, 0) is 11.3 Å². The Bertz CT molecular complexity index is 1640. The summed E-state index contributed by atoms with van der Waals surface area (Å²) in [6.07, 6.45) is 10.9. The number of nitrogens with one attached hydrogen (secondary N) is 3. The van der Waals surface area contributed by atoms with Crippen LogP contribution in [0.1, 0.15) is 87.2 Å². The third-order valence-corrected chi connectivity index (χ3v) is 10.2. The summed E-state index contributed by atoms with van der Waals surface area (Å²) < 4.78 is 8.04. The first kappa shape index (κ1) is 32.5. The van der Waals surface area contributed by atoms with Crippen LogP contribution < -0.4 is 16.7 Å². The van der Waals surface area contributed by atoms with E-state index < -0.39 is 0 Å². The second kappa shape index (κ2) is 15.4. The molecule has 5 N–H and O–H groups in total. The molecule has 4 heterocycles. The minimum Gasteiger partial charge on any atom is -0.379 e. The van der Waals surface area contributed by atoms with Crippen molar-refractivity contribution in [1.82, 2.24) is 24.8 Å². The number of rotatable bonds is 13. The highest BCUT2D eigenvalue weighted by molar-refractivity contribution is 8.13. The Morgan fingerprint density at radius 3 is 2.74 bits per heavy atom. The van der Waals surface area contributed by atoms with Gasteiger partial charge in [0.15, 0.2) is 5.17 Å². The molecule has 6 rings (SSSR count). The van der Waals surface area contributed by atoms with E-state index in [0.717, 1.165) is 67.7 Å². The number of piperidine rings is 1. The van der Waals surface area contributed by atoms with Crippen molar-refractivity contribution in [2.75, 3.05) is 18.8 Å². The van der Waals surface area contributed by atoms with E-state index in [0.29, 0.717) is 18.3 Å². The summed E-state index contributed by atoms with van der Waals surface area (Å²) in [5.74, 6) is 0.859. The number of aromatic amines is 1. The average Bonchev–Trinajstić information content (AvgIpc) is 3.67. The van der Waals surface area contributed by atoms with Gasteiger partial charge in [-0.3, -0.25) is 14.9 Å². The van der Waals surface area contributed by atoms with Crippen molar-refractivity contribution in [1.29, 1.82) is 5.41 Å². The van der Waals surface area contributed by atoms with Crippen molar-refractivity contribution in [3.8, 4) is 5.69 Å². The maximum absolute atomic E-state index is 13.2. The molecule has 2 saturated heterocycles. The Hall–Kier alpha value is -3.44. The third kappa shape index (κ3) is 8.09. The monoisotopic (exact) mass is 641 g/mol. The quantitative estimate of drug-likeness (QED) is 0.0753. The molecule has 0 bridgehead atoms. The molecule has 4 atom stereocenters. The van der Waals surface area contributed by atoms with E-state index in [9.17, 15) is 4.79 Å². The Morgan fingerprint density at radius 1 is 1.13 bits per heavy atom. The summed E-state index contributed by atoms with van der Waals surface area (Å²) in [5, 5.41) is 12.3. The van der Waals surface area contributed by atoms with Crippen LogP contribution >= 0.6 is 11.8 Å². The second-order valence-corrected chi connectivity index (χ2v) is 13.9. The molecule has 10 heteroatoms. The fraction of sp³-hybridized carbons (Fsp3) is 0.472. The molecule has 2 aromatic heterocycles. The number of hydrogen-bond acceptors (Lipinski definition) is 7. The van der Waals surface area contributed by atoms with Gasteiger partial charge in [0.1, 0.15) is 5.65 Å². The molecule has 0 aliphatic carbocycles. The fourth-order valence-corrected chi connectivity index (χ4v) is 7.60. The largest absolute Gasteiger partial charge is 0.379 e. The van der Waals surface area contributed by atoms with Gasteiger partial charge >= 0.3 is 5.69 Å². The van der Waals surface area contributed by atoms with E-state index in [1.165, 1.54) is 42.2 Å². The summed E-state index contributed by atoms with van der Waals surface area (Å²) in [6.45, 7) is 4.78. The molecule has 2 aliphatic heterocycles. The predicted octanol–water partition coefficient (Wildman–Crippen LogP) is 6.44. The number of hydrogen-bond donors (Lipinski definition) is 4. The van der Waals surface area contributed by atoms with Crippen LogP contribution in [0.3, 0.4) is 0 Å². The van der Waals surface area contributed by atoms with E-state index in [-0.39, 0.29) is 29.0 Å². The Labute approximate surface area is 275 Å². The molecule has 0 spiro atoms. The molecule has 4 aromatic rings. The van der Waals surface area contributed by atoms with E-state index >= 15 is 0 Å². The van der Waals surface area contributed by atoms with Gasteiger partial charge in [0.2, 0.25) is 0 Å². The normalized spacial score (nSPS) is 22.0. The minimum absolute atomic E-state index is 0.151. The van der Waals surface area contributed by atoms with Gasteiger partial charge in [-0.1, -0.05) is 80.4 Å². The van der Waals surface area contributed by atoms with Crippen LogP contribution in [0.4, 0.5) is 0 Å². The molecule has 0 amide bonds. The molecule has 2 aromatic carbocycles. The van der Waals surface area contributed by atoms with E-state index in [4.69, 9.17) is 15.9 Å². The van der Waals surface area contributed by atoms with Gasteiger partial charge in [0.05, 0.1) is 24.4 Å². The van der Waals surface area contributed by atoms with E-state index in [2.05, 4.69) is 69.6 Å². The number of likely N-dealkylation sites (tertiary alicyclic amines) is 1. The molecule has 244 valence electrons. The Morgan fingerprint density at radius 2 is 1.96 bits per heavy atom. The molecule has 9 nitrogen and oxygen atoms in total. The van der Waals surface area contributed by atoms with Gasteiger partial charge in [0.25, 0.3) is 0 Å². The molecule has 0 unspecified atom stereocenters. The number of amidine groups is 1. The lowest BCUT2D eigenvalue weighted by atomic mass is 9.92. The summed E-state index contributed by atoms with van der Waals surface area (Å²) >= 11 is 1.41. The highest BCUT2D eigenvalue weighted by atomic mass is 32.2. The molecule has 0 saturated carbocycles. The SMILES string of the molecule is CCCCCN1C[C@H](OCc2ccccc2)C[C@H]1c1cc2cn(-c3ccc([C@@H]4CCC[C@@H](CCSC(=N)N)N4)cc3)c(=O)nc2[nH]1. The third-order valence-electron chi connectivity index (χ3n) is 9.41. The summed E-state index contributed by atoms with van der Waals surface area (Å²) in [6, 6.07) is 21.7. The van der Waals surface area contributed by atoms with Gasteiger partial charge in [-0.25, -0.2) is 4.79 Å². The second-order valence-electron chi connectivity index (χ2n) is 12.7. The first-order valence-corrected chi connectivity index (χ1v) is 17.8. The zero-order valence-electron chi connectivity index (χ0n) is 26.8. The maximum Gasteiger partial charge on any atom is 0.354 e. The topological polar surface area (TPSA) is 125 Å². The molecule has 46 heavy (non-hydrogen) atoms. The number of thioether (sulfide) groups is 1. The number of fused-ring (bicyclic) bond motifs is 1. The van der Waals surface area contributed by atoms with Crippen molar-refractivity contribution in [2.24, 2.45) is 5.73 Å². The first-order chi connectivity index (χ1) is 22.5. The summed E-state index contributed by atoms with van der Waals surface area (Å²) in [7, 11) is 0. The standard InChI is InChI=1S/C36H47N7O2S/c1-2-3-7-18-42-23-30(45-24-25-9-5-4-6-10-25)21-33(42)32-20-27-22-43(36(44)41-34(27)40-32)29-15-13-26(14-16-29)31-12-8-11-28(39-31)17-19-46-35(37)38/h4-6,9-10,13-16,20,22,28,30-31,33,39H,2-3,7-8,11-12,17-19,21,23-24H2,1H3,(H3,37,38)(H,40,41,44)/t28-,30+,31-,33-/m0/s1. The smallest absolute Gasteiger partial charge is 0.354 e. The molecule has 2 fully saturated rings. The minimum atomic E-state index is -0.289. The zero-order valence-corrected chi connectivity index (χ0v) is 27.6. The Kier molecular flexibility index (Phi) is 10.9. The number of nitrogens with two attached hydrogens (primary N) is 1. The molecule has 2 aliphatic rings. The van der Waals surface area contributed by atoms with Crippen LogP contribution in [0.2, 0.25) is 0 Å². The number of benzene rings is 2. The molecule has 0 radical (unpaired) electrons. The average molecular weight is 642 g/mol. The summed E-state index contributed by atoms with van der Waals surface area (Å²) in [5.41, 5.74) is 10.2. The number of nitrogens with zero attached hydrogens (tertiary/aromatic N) is 3. The van der Waals surface area contributed by atoms with Crippen LogP contribution in [0.5, 0.6) is 0 Å². The summed E-state index contributed by atoms with van der Waals surface area (Å²) in [4.78, 5) is 23.7. The van der Waals surface area contributed by atoms with E-state index in [1.807, 2.05) is 24.4 Å². The fourth-order valence-electron chi connectivity index (χ4n) is 6.97. The van der Waals surface area contributed by atoms with Gasteiger partial charge in [-0.05, 0) is 68.0 Å². The lowest BCUT2D eigenvalue weighted by Gasteiger charge is -2.31. The zero-order chi connectivity index (χ0) is 31.9. The lowest BCUT2D eigenvalue weighted by Crippen LogP contribution is -2.37. The van der Waals surface area contributed by atoms with Gasteiger partial charge in [-0.15, -0.1) is 0 Å². The van der Waals surface area contributed by atoms with Crippen molar-refractivity contribution < 1.29 is 4.74 Å². The highest BCUT2D eigenvalue weighted by Gasteiger charge is 2.34. The Balaban J connectivity index is 1.15. The van der Waals surface area contributed by atoms with Crippen molar-refractivity contribution >= 4 is 28.0 Å². The maximum atomic E-state index is 13.2. The van der Waals surface area contributed by atoms with Crippen LogP contribution in [0.15, 0.2) is 71.7 Å². The van der Waals surface area contributed by atoms with Crippen LogP contribution in [-0.4, -0.2) is 55.6 Å². The van der Waals surface area contributed by atoms with Crippen molar-refractivity contribution in [3.05, 3.63) is 94.2 Å². The van der Waals surface area contributed by atoms with Gasteiger partial charge in [0, 0.05) is 41.7 Å². The van der Waals surface area contributed by atoms with Gasteiger partial charge in [-0.2, -0.15) is 4.98 Å². The number of H-pyrrole nitrogens is 1. The number of aromatic nitrogens is 3. The van der Waals surface area contributed by atoms with Gasteiger partial charge < -0.3 is 20.8 Å². The van der Waals surface area contributed by atoms with Crippen molar-refractivity contribution in [3.63, 3.8) is 0 Å². The molecular formula is C36H47N7O2S. The van der Waals surface area contributed by atoms with E-state index in [1.54, 1.807) is 4.57 Å². The van der Waals surface area contributed by atoms with Crippen LogP contribution in [0, 0.1) is 5.41 Å². The number of ether oxygens (including phenoxy) is 1. The van der Waals surface area contributed by atoms with Crippen LogP contribution in [0.25, 0.3) is 16.7 Å².